The van der Waals surface area contributed by atoms with Crippen LogP contribution in [0.4, 0.5) is 0 Å². The molecule has 0 saturated heterocycles. The summed E-state index contributed by atoms with van der Waals surface area (Å²) >= 11 is 0. The van der Waals surface area contributed by atoms with Gasteiger partial charge in [-0.1, -0.05) is 32.4 Å². The molecule has 0 unspecified atom stereocenters. The van der Waals surface area contributed by atoms with Gasteiger partial charge in [0.2, 0.25) is 0 Å². The average molecular weight is 176 g/mol. The Labute approximate surface area is 81.7 Å². The molecule has 0 saturated carbocycles. The molecular weight excluding hydrogens is 156 g/mol. The van der Waals surface area contributed by atoms with Crippen LogP contribution in [0.15, 0.2) is 22.8 Å². The Morgan fingerprint density at radius 2 is 1.77 bits per heavy atom. The molecule has 0 N–H and O–H groups in total. The molecular formula is C13H20. The number of hydrogen-bond acceptors (Lipinski definition) is 0. The molecule has 0 spiro atoms. The van der Waals surface area contributed by atoms with Crippen LogP contribution < -0.4 is 0 Å². The van der Waals surface area contributed by atoms with E-state index in [-0.39, 0.29) is 0 Å². The highest BCUT2D eigenvalue weighted by Gasteiger charge is 2.27. The van der Waals surface area contributed by atoms with Crippen molar-refractivity contribution >= 4 is 0 Å². The minimum Gasteiger partial charge on any atom is -0.0764 e. The molecule has 2 aliphatic carbocycles. The second-order valence-electron chi connectivity index (χ2n) is 5.36. The van der Waals surface area contributed by atoms with Crippen LogP contribution in [0.2, 0.25) is 0 Å². The summed E-state index contributed by atoms with van der Waals surface area (Å²) in [4.78, 5) is 0. The Morgan fingerprint density at radius 3 is 2.46 bits per heavy atom. The second kappa shape index (κ2) is 3.01. The van der Waals surface area contributed by atoms with Crippen LogP contribution >= 0.6 is 0 Å². The fourth-order valence-electron chi connectivity index (χ4n) is 2.63. The van der Waals surface area contributed by atoms with Crippen molar-refractivity contribution in [1.82, 2.24) is 0 Å². The quantitative estimate of drug-likeness (QED) is 0.518. The molecule has 13 heavy (non-hydrogen) atoms. The van der Waals surface area contributed by atoms with E-state index in [9.17, 15) is 0 Å². The van der Waals surface area contributed by atoms with Gasteiger partial charge in [0, 0.05) is 0 Å². The summed E-state index contributed by atoms with van der Waals surface area (Å²) in [5.41, 5.74) is 5.48. The number of rotatable bonds is 0. The van der Waals surface area contributed by atoms with Crippen LogP contribution in [-0.4, -0.2) is 0 Å². The Hall–Kier alpha value is -0.520. The zero-order valence-corrected chi connectivity index (χ0v) is 9.11. The van der Waals surface area contributed by atoms with Gasteiger partial charge in [-0.15, -0.1) is 0 Å². The normalized spacial score (nSPS) is 23.2. The van der Waals surface area contributed by atoms with Gasteiger partial charge >= 0.3 is 0 Å². The molecule has 0 heteroatoms. The van der Waals surface area contributed by atoms with Crippen molar-refractivity contribution in [3.8, 4) is 0 Å². The van der Waals surface area contributed by atoms with E-state index >= 15 is 0 Å². The predicted octanol–water partition coefficient (Wildman–Crippen LogP) is 4.23. The van der Waals surface area contributed by atoms with Gasteiger partial charge in [-0.2, -0.15) is 0 Å². The van der Waals surface area contributed by atoms with E-state index in [0.29, 0.717) is 5.41 Å². The third-order valence-corrected chi connectivity index (χ3v) is 3.27. The Morgan fingerprint density at radius 1 is 1.08 bits per heavy atom. The van der Waals surface area contributed by atoms with Crippen molar-refractivity contribution < 1.29 is 0 Å². The summed E-state index contributed by atoms with van der Waals surface area (Å²) in [6.45, 7) is 7.01. The van der Waals surface area contributed by atoms with E-state index in [1.807, 2.05) is 0 Å². The van der Waals surface area contributed by atoms with E-state index in [1.165, 1.54) is 32.1 Å². The third-order valence-electron chi connectivity index (χ3n) is 3.27. The summed E-state index contributed by atoms with van der Waals surface area (Å²) in [5, 5.41) is 0. The molecule has 0 aromatic carbocycles. The van der Waals surface area contributed by atoms with Crippen molar-refractivity contribution in [2.24, 2.45) is 5.41 Å². The van der Waals surface area contributed by atoms with Gasteiger partial charge in [-0.25, -0.2) is 0 Å². The van der Waals surface area contributed by atoms with E-state index in [1.54, 1.807) is 16.7 Å². The third kappa shape index (κ3) is 1.59. The average Bonchev–Trinajstić information content (AvgIpc) is 2.45. The highest BCUT2D eigenvalue weighted by Crippen LogP contribution is 2.44. The van der Waals surface area contributed by atoms with Gasteiger partial charge in [0.1, 0.15) is 0 Å². The van der Waals surface area contributed by atoms with E-state index in [2.05, 4.69) is 26.8 Å². The summed E-state index contributed by atoms with van der Waals surface area (Å²) in [6.07, 6.45) is 9.26. The van der Waals surface area contributed by atoms with Crippen molar-refractivity contribution in [1.29, 1.82) is 0 Å². The monoisotopic (exact) mass is 176 g/mol. The van der Waals surface area contributed by atoms with E-state index in [0.717, 1.165) is 0 Å². The topological polar surface area (TPSA) is 0 Å². The molecule has 0 aromatic rings. The molecule has 0 bridgehead atoms. The van der Waals surface area contributed by atoms with Crippen LogP contribution in [0.1, 0.15) is 52.9 Å². The number of allylic oxidation sites excluding steroid dienone is 4. The van der Waals surface area contributed by atoms with E-state index in [4.69, 9.17) is 0 Å². The molecule has 0 heterocycles. The fourth-order valence-corrected chi connectivity index (χ4v) is 2.63. The van der Waals surface area contributed by atoms with Gasteiger partial charge in [-0.3, -0.25) is 0 Å². The standard InChI is InChI=1S/C13H20/c1-13(2,3)12-9-8-10-6-4-5-7-11(10)12/h9H,4-8H2,1-3H3. The molecule has 0 aliphatic heterocycles. The molecule has 0 fully saturated rings. The fraction of sp³-hybridized carbons (Fsp3) is 0.692. The zero-order valence-electron chi connectivity index (χ0n) is 9.11. The summed E-state index contributed by atoms with van der Waals surface area (Å²) in [7, 11) is 0. The zero-order chi connectivity index (χ0) is 9.47. The maximum absolute atomic E-state index is 2.47. The predicted molar refractivity (Wildman–Crippen MR) is 57.6 cm³/mol. The first-order chi connectivity index (χ1) is 6.09. The molecule has 2 rings (SSSR count). The lowest BCUT2D eigenvalue weighted by atomic mass is 9.79. The van der Waals surface area contributed by atoms with Crippen LogP contribution in [0.3, 0.4) is 0 Å². The van der Waals surface area contributed by atoms with Gasteiger partial charge in [0.25, 0.3) is 0 Å². The molecule has 0 nitrogen and oxygen atoms in total. The first-order valence-electron chi connectivity index (χ1n) is 5.51. The first-order valence-corrected chi connectivity index (χ1v) is 5.51. The second-order valence-corrected chi connectivity index (χ2v) is 5.36. The van der Waals surface area contributed by atoms with Crippen LogP contribution in [-0.2, 0) is 0 Å². The van der Waals surface area contributed by atoms with Crippen molar-refractivity contribution in [3.63, 3.8) is 0 Å². The number of hydrogen-bond donors (Lipinski definition) is 0. The summed E-state index contributed by atoms with van der Waals surface area (Å²) < 4.78 is 0. The lowest BCUT2D eigenvalue weighted by molar-refractivity contribution is 0.502. The van der Waals surface area contributed by atoms with E-state index < -0.39 is 0 Å². The molecule has 72 valence electrons. The molecule has 0 aromatic heterocycles. The molecule has 0 radical (unpaired) electrons. The highest BCUT2D eigenvalue weighted by atomic mass is 14.3. The van der Waals surface area contributed by atoms with Crippen LogP contribution in [0.25, 0.3) is 0 Å². The largest absolute Gasteiger partial charge is 0.0764 e. The smallest absolute Gasteiger partial charge is 0.0127 e. The van der Waals surface area contributed by atoms with Gasteiger partial charge in [-0.05, 0) is 48.7 Å². The summed E-state index contributed by atoms with van der Waals surface area (Å²) in [6, 6.07) is 0. The van der Waals surface area contributed by atoms with Gasteiger partial charge < -0.3 is 0 Å². The summed E-state index contributed by atoms with van der Waals surface area (Å²) in [5.74, 6) is 0. The highest BCUT2D eigenvalue weighted by molar-refractivity contribution is 5.46. The minimum absolute atomic E-state index is 0.369. The minimum atomic E-state index is 0.369. The van der Waals surface area contributed by atoms with Gasteiger partial charge in [0.05, 0.1) is 0 Å². The lowest BCUT2D eigenvalue weighted by Crippen LogP contribution is -2.11. The molecule has 0 atom stereocenters. The lowest BCUT2D eigenvalue weighted by Gasteiger charge is -2.26. The Bertz CT molecular complexity index is 271. The maximum atomic E-state index is 2.47. The molecule has 2 aliphatic rings. The van der Waals surface area contributed by atoms with Crippen molar-refractivity contribution in [2.75, 3.05) is 0 Å². The first kappa shape index (κ1) is 9.05. The Balaban J connectivity index is 2.28. The van der Waals surface area contributed by atoms with Gasteiger partial charge in [0.15, 0.2) is 0 Å². The SMILES string of the molecule is CC(C)(C)C1=CCC2=C1CCCC2. The van der Waals surface area contributed by atoms with Crippen LogP contribution in [0.5, 0.6) is 0 Å². The maximum Gasteiger partial charge on any atom is -0.0127 e. The van der Waals surface area contributed by atoms with Crippen molar-refractivity contribution in [2.45, 2.75) is 52.9 Å². The Kier molecular flexibility index (Phi) is 2.09. The molecule has 0 amide bonds. The van der Waals surface area contributed by atoms with Crippen molar-refractivity contribution in [3.05, 3.63) is 22.8 Å². The van der Waals surface area contributed by atoms with Crippen LogP contribution in [0, 0.1) is 5.41 Å².